The first-order chi connectivity index (χ1) is 7.70. The fourth-order valence-corrected chi connectivity index (χ4v) is 1.62. The first-order valence-electron chi connectivity index (χ1n) is 4.76. The summed E-state index contributed by atoms with van der Waals surface area (Å²) >= 11 is 5.74. The molecule has 0 saturated heterocycles. The van der Waals surface area contributed by atoms with Gasteiger partial charge in [0.2, 0.25) is 0 Å². The minimum absolute atomic E-state index is 0.398. The molecule has 4 heteroatoms. The second kappa shape index (κ2) is 4.41. The molecule has 82 valence electrons. The lowest BCUT2D eigenvalue weighted by Crippen LogP contribution is -1.92. The first kappa shape index (κ1) is 10.8. The van der Waals surface area contributed by atoms with Crippen LogP contribution in [0.15, 0.2) is 36.5 Å². The quantitative estimate of drug-likeness (QED) is 0.813. The van der Waals surface area contributed by atoms with E-state index >= 15 is 0 Å². The van der Waals surface area contributed by atoms with Crippen LogP contribution in [0, 0.1) is 0 Å². The number of anilines is 1. The summed E-state index contributed by atoms with van der Waals surface area (Å²) in [5.74, 6) is 0.809. The van der Waals surface area contributed by atoms with Gasteiger partial charge in [0.15, 0.2) is 0 Å². The van der Waals surface area contributed by atoms with Crippen LogP contribution in [0.5, 0.6) is 5.75 Å². The lowest BCUT2D eigenvalue weighted by atomic mass is 10.1. The summed E-state index contributed by atoms with van der Waals surface area (Å²) in [4.78, 5) is 4.01. The maximum absolute atomic E-state index is 5.87. The minimum Gasteiger partial charge on any atom is -0.497 e. The molecule has 0 aliphatic rings. The number of benzene rings is 1. The molecule has 0 fully saturated rings. The van der Waals surface area contributed by atoms with Crippen LogP contribution in [0.2, 0.25) is 5.15 Å². The summed E-state index contributed by atoms with van der Waals surface area (Å²) < 4.78 is 5.09. The molecule has 0 atom stereocenters. The number of pyridine rings is 1. The van der Waals surface area contributed by atoms with Crippen LogP contribution >= 0.6 is 11.6 Å². The van der Waals surface area contributed by atoms with Gasteiger partial charge in [-0.3, -0.25) is 0 Å². The van der Waals surface area contributed by atoms with Gasteiger partial charge in [-0.05, 0) is 23.8 Å². The summed E-state index contributed by atoms with van der Waals surface area (Å²) in [6.45, 7) is 0. The highest BCUT2D eigenvalue weighted by Crippen LogP contribution is 2.28. The molecule has 0 aliphatic carbocycles. The second-order valence-electron chi connectivity index (χ2n) is 3.32. The number of methoxy groups -OCH3 is 1. The third-order valence-electron chi connectivity index (χ3n) is 2.30. The molecule has 2 rings (SSSR count). The highest BCUT2D eigenvalue weighted by atomic mass is 35.5. The number of nitrogens with two attached hydrogens (primary N) is 1. The fraction of sp³-hybridized carbons (Fsp3) is 0.0833. The van der Waals surface area contributed by atoms with E-state index in [1.807, 2.05) is 24.3 Å². The number of aromatic nitrogens is 1. The molecule has 1 heterocycles. The summed E-state index contributed by atoms with van der Waals surface area (Å²) in [7, 11) is 1.63. The molecule has 0 aliphatic heterocycles. The van der Waals surface area contributed by atoms with Gasteiger partial charge in [0.1, 0.15) is 10.9 Å². The highest BCUT2D eigenvalue weighted by molar-refractivity contribution is 6.29. The summed E-state index contributed by atoms with van der Waals surface area (Å²) in [5.41, 5.74) is 8.34. The molecule has 2 aromatic rings. The van der Waals surface area contributed by atoms with Gasteiger partial charge in [-0.1, -0.05) is 23.7 Å². The monoisotopic (exact) mass is 234 g/mol. The van der Waals surface area contributed by atoms with Crippen LogP contribution in [0.25, 0.3) is 11.1 Å². The smallest absolute Gasteiger partial charge is 0.131 e. The van der Waals surface area contributed by atoms with Crippen molar-refractivity contribution in [3.8, 4) is 16.9 Å². The van der Waals surface area contributed by atoms with Crippen molar-refractivity contribution in [3.05, 3.63) is 41.7 Å². The first-order valence-corrected chi connectivity index (χ1v) is 5.14. The van der Waals surface area contributed by atoms with Crippen molar-refractivity contribution in [2.45, 2.75) is 0 Å². The highest BCUT2D eigenvalue weighted by Gasteiger charge is 2.04. The van der Waals surface area contributed by atoms with E-state index in [0.29, 0.717) is 10.8 Å². The van der Waals surface area contributed by atoms with Crippen molar-refractivity contribution in [1.29, 1.82) is 0 Å². The molecule has 0 saturated carbocycles. The Morgan fingerprint density at radius 2 is 1.94 bits per heavy atom. The van der Waals surface area contributed by atoms with Crippen molar-refractivity contribution >= 4 is 17.3 Å². The molecule has 16 heavy (non-hydrogen) atoms. The molecule has 0 radical (unpaired) electrons. The number of nitrogens with zero attached hydrogens (tertiary/aromatic N) is 1. The van der Waals surface area contributed by atoms with Gasteiger partial charge in [0, 0.05) is 17.4 Å². The van der Waals surface area contributed by atoms with Gasteiger partial charge >= 0.3 is 0 Å². The Bertz CT molecular complexity index is 497. The van der Waals surface area contributed by atoms with Gasteiger partial charge < -0.3 is 10.5 Å². The van der Waals surface area contributed by atoms with Crippen LogP contribution < -0.4 is 10.5 Å². The van der Waals surface area contributed by atoms with Gasteiger partial charge in [-0.25, -0.2) is 4.98 Å². The van der Waals surface area contributed by atoms with E-state index in [-0.39, 0.29) is 0 Å². The normalized spacial score (nSPS) is 10.1. The number of halogens is 1. The van der Waals surface area contributed by atoms with Gasteiger partial charge in [-0.15, -0.1) is 0 Å². The predicted octanol–water partition coefficient (Wildman–Crippen LogP) is 2.99. The van der Waals surface area contributed by atoms with Gasteiger partial charge in [0.05, 0.1) is 7.11 Å². The van der Waals surface area contributed by atoms with Crippen molar-refractivity contribution in [1.82, 2.24) is 4.98 Å². The number of rotatable bonds is 2. The topological polar surface area (TPSA) is 48.1 Å². The zero-order chi connectivity index (χ0) is 11.5. The predicted molar refractivity (Wildman–Crippen MR) is 65.6 cm³/mol. The van der Waals surface area contributed by atoms with E-state index in [2.05, 4.69) is 4.98 Å². The third kappa shape index (κ3) is 2.09. The second-order valence-corrected chi connectivity index (χ2v) is 3.71. The molecule has 2 N–H and O–H groups in total. The average Bonchev–Trinajstić information content (AvgIpc) is 2.29. The number of hydrogen-bond donors (Lipinski definition) is 1. The van der Waals surface area contributed by atoms with Gasteiger partial charge in [0.25, 0.3) is 0 Å². The average molecular weight is 235 g/mol. The largest absolute Gasteiger partial charge is 0.497 e. The molecule has 0 spiro atoms. The zero-order valence-electron chi connectivity index (χ0n) is 8.77. The van der Waals surface area contributed by atoms with Gasteiger partial charge in [-0.2, -0.15) is 0 Å². The van der Waals surface area contributed by atoms with Crippen molar-refractivity contribution in [2.24, 2.45) is 0 Å². The Balaban J connectivity index is 2.42. The molecular formula is C12H11ClN2O. The minimum atomic E-state index is 0.398. The Morgan fingerprint density at radius 1 is 1.25 bits per heavy atom. The Labute approximate surface area is 98.8 Å². The molecule has 0 amide bonds. The molecule has 3 nitrogen and oxygen atoms in total. The number of nitrogen functional groups attached to an aromatic ring is 1. The fourth-order valence-electron chi connectivity index (χ4n) is 1.46. The Morgan fingerprint density at radius 3 is 2.50 bits per heavy atom. The van der Waals surface area contributed by atoms with E-state index in [4.69, 9.17) is 22.1 Å². The molecule has 1 aromatic carbocycles. The molecular weight excluding hydrogens is 224 g/mol. The summed E-state index contributed by atoms with van der Waals surface area (Å²) in [6.07, 6.45) is 1.67. The SMILES string of the molecule is COc1ccc(-c2cnc(Cl)cc2N)cc1. The Hall–Kier alpha value is -1.74. The maximum atomic E-state index is 5.87. The Kier molecular flexibility index (Phi) is 2.97. The van der Waals surface area contributed by atoms with E-state index < -0.39 is 0 Å². The molecule has 0 unspecified atom stereocenters. The lowest BCUT2D eigenvalue weighted by Gasteiger charge is -2.06. The van der Waals surface area contributed by atoms with Crippen molar-refractivity contribution in [3.63, 3.8) is 0 Å². The number of ether oxygens (including phenoxy) is 1. The van der Waals surface area contributed by atoms with Crippen LogP contribution in [0.1, 0.15) is 0 Å². The standard InChI is InChI=1S/C12H11ClN2O/c1-16-9-4-2-8(3-5-9)10-7-15-12(13)6-11(10)14/h2-7H,1H3,(H2,14,15). The lowest BCUT2D eigenvalue weighted by molar-refractivity contribution is 0.415. The van der Waals surface area contributed by atoms with Crippen LogP contribution in [0.3, 0.4) is 0 Å². The summed E-state index contributed by atoms with van der Waals surface area (Å²) in [6, 6.07) is 9.26. The van der Waals surface area contributed by atoms with Crippen LogP contribution in [-0.2, 0) is 0 Å². The van der Waals surface area contributed by atoms with E-state index in [9.17, 15) is 0 Å². The van der Waals surface area contributed by atoms with Crippen molar-refractivity contribution in [2.75, 3.05) is 12.8 Å². The van der Waals surface area contributed by atoms with E-state index in [1.165, 1.54) is 0 Å². The third-order valence-corrected chi connectivity index (χ3v) is 2.51. The maximum Gasteiger partial charge on any atom is 0.131 e. The van der Waals surface area contributed by atoms with E-state index in [1.54, 1.807) is 19.4 Å². The zero-order valence-corrected chi connectivity index (χ0v) is 9.53. The molecule has 0 bridgehead atoms. The van der Waals surface area contributed by atoms with Crippen LogP contribution in [-0.4, -0.2) is 12.1 Å². The van der Waals surface area contributed by atoms with Crippen LogP contribution in [0.4, 0.5) is 5.69 Å². The summed E-state index contributed by atoms with van der Waals surface area (Å²) in [5, 5.41) is 0.398. The van der Waals surface area contributed by atoms with E-state index in [0.717, 1.165) is 16.9 Å². The number of hydrogen-bond acceptors (Lipinski definition) is 3. The van der Waals surface area contributed by atoms with Crippen molar-refractivity contribution < 1.29 is 4.74 Å². The molecule has 1 aromatic heterocycles.